The van der Waals surface area contributed by atoms with Crippen molar-refractivity contribution in [2.45, 2.75) is 24.4 Å². The van der Waals surface area contributed by atoms with Crippen LogP contribution >= 0.6 is 0 Å². The highest BCUT2D eigenvalue weighted by Gasteiger charge is 2.20. The van der Waals surface area contributed by atoms with Gasteiger partial charge in [-0.2, -0.15) is 0 Å². The Morgan fingerprint density at radius 2 is 1.30 bits per heavy atom. The number of carbonyl (C=O) groups excluding carboxylic acids is 1. The van der Waals surface area contributed by atoms with Crippen LogP contribution in [0.2, 0.25) is 0 Å². The molecule has 0 saturated heterocycles. The third-order valence-electron chi connectivity index (χ3n) is 4.79. The number of hydrogen-bond acceptors (Lipinski definition) is 4. The van der Waals surface area contributed by atoms with Crippen LogP contribution in [0.4, 0.5) is 0 Å². The van der Waals surface area contributed by atoms with E-state index in [1.807, 2.05) is 60.7 Å². The smallest absolute Gasteiger partial charge is 0.224 e. The molecule has 156 valence electrons. The molecule has 0 saturated carbocycles. The second-order valence-corrected chi connectivity index (χ2v) is 9.07. The quantitative estimate of drug-likeness (QED) is 0.520. The van der Waals surface area contributed by atoms with E-state index in [0.717, 1.165) is 11.1 Å². The number of nitrogens with zero attached hydrogens (tertiary/aromatic N) is 1. The molecule has 0 fully saturated rings. The first-order valence-electron chi connectivity index (χ1n) is 9.70. The fourth-order valence-electron chi connectivity index (χ4n) is 3.12. The molecule has 0 bridgehead atoms. The summed E-state index contributed by atoms with van der Waals surface area (Å²) in [7, 11) is -2.04. The minimum atomic E-state index is -3.56. The SMILES string of the molecule is COc1ccc(S(=O)(=O)CCC(=O)N(Cc2ccccc2)Cc2ccccc2)cc1. The van der Waals surface area contributed by atoms with E-state index in [-0.39, 0.29) is 23.0 Å². The van der Waals surface area contributed by atoms with E-state index < -0.39 is 9.84 Å². The first-order valence-corrected chi connectivity index (χ1v) is 11.4. The summed E-state index contributed by atoms with van der Waals surface area (Å²) in [5, 5.41) is 0. The lowest BCUT2D eigenvalue weighted by atomic mass is 10.1. The van der Waals surface area contributed by atoms with Crippen molar-refractivity contribution in [2.24, 2.45) is 0 Å². The molecule has 0 radical (unpaired) electrons. The summed E-state index contributed by atoms with van der Waals surface area (Å²) < 4.78 is 30.4. The topological polar surface area (TPSA) is 63.7 Å². The molecule has 3 aromatic carbocycles. The van der Waals surface area contributed by atoms with Crippen LogP contribution in [0.1, 0.15) is 17.5 Å². The molecule has 0 aromatic heterocycles. The first-order chi connectivity index (χ1) is 14.5. The fraction of sp³-hybridized carbons (Fsp3) is 0.208. The lowest BCUT2D eigenvalue weighted by molar-refractivity contribution is -0.132. The summed E-state index contributed by atoms with van der Waals surface area (Å²) >= 11 is 0. The molecule has 0 aliphatic carbocycles. The van der Waals surface area contributed by atoms with Gasteiger partial charge in [0.2, 0.25) is 5.91 Å². The van der Waals surface area contributed by atoms with Gasteiger partial charge in [-0.05, 0) is 35.4 Å². The largest absolute Gasteiger partial charge is 0.497 e. The van der Waals surface area contributed by atoms with Crippen molar-refractivity contribution in [1.29, 1.82) is 0 Å². The van der Waals surface area contributed by atoms with Crippen molar-refractivity contribution in [1.82, 2.24) is 4.90 Å². The van der Waals surface area contributed by atoms with Crippen molar-refractivity contribution in [3.8, 4) is 5.75 Å². The van der Waals surface area contributed by atoms with Gasteiger partial charge < -0.3 is 9.64 Å². The molecule has 0 N–H and O–H groups in total. The second-order valence-electron chi connectivity index (χ2n) is 6.97. The monoisotopic (exact) mass is 423 g/mol. The number of hydrogen-bond donors (Lipinski definition) is 0. The molecule has 1 amide bonds. The van der Waals surface area contributed by atoms with Crippen LogP contribution in [0, 0.1) is 0 Å². The number of methoxy groups -OCH3 is 1. The summed E-state index contributed by atoms with van der Waals surface area (Å²) in [4.78, 5) is 14.9. The van der Waals surface area contributed by atoms with Gasteiger partial charge in [-0.3, -0.25) is 4.79 Å². The number of sulfone groups is 1. The number of carbonyl (C=O) groups is 1. The Labute approximate surface area is 177 Å². The molecule has 30 heavy (non-hydrogen) atoms. The Morgan fingerprint density at radius 1 is 0.800 bits per heavy atom. The van der Waals surface area contributed by atoms with Crippen LogP contribution in [0.3, 0.4) is 0 Å². The van der Waals surface area contributed by atoms with Gasteiger partial charge in [-0.15, -0.1) is 0 Å². The van der Waals surface area contributed by atoms with Crippen molar-refractivity contribution >= 4 is 15.7 Å². The van der Waals surface area contributed by atoms with Crippen LogP contribution in [-0.2, 0) is 27.7 Å². The van der Waals surface area contributed by atoms with Gasteiger partial charge in [0.05, 0.1) is 17.8 Å². The summed E-state index contributed by atoms with van der Waals surface area (Å²) in [6.07, 6.45) is -0.0754. The van der Waals surface area contributed by atoms with E-state index in [4.69, 9.17) is 4.74 Å². The van der Waals surface area contributed by atoms with Gasteiger partial charge in [0, 0.05) is 19.5 Å². The average molecular weight is 424 g/mol. The van der Waals surface area contributed by atoms with E-state index in [9.17, 15) is 13.2 Å². The third-order valence-corrected chi connectivity index (χ3v) is 6.52. The Bertz CT molecular complexity index is 1010. The van der Waals surface area contributed by atoms with Crippen LogP contribution in [-0.4, -0.2) is 32.1 Å². The Hall–Kier alpha value is -3.12. The second kappa shape index (κ2) is 10.1. The van der Waals surface area contributed by atoms with Crippen LogP contribution in [0.15, 0.2) is 89.8 Å². The maximum Gasteiger partial charge on any atom is 0.224 e. The molecule has 0 aliphatic heterocycles. The Balaban J connectivity index is 1.71. The van der Waals surface area contributed by atoms with Crippen LogP contribution < -0.4 is 4.74 Å². The van der Waals surface area contributed by atoms with Crippen molar-refractivity contribution < 1.29 is 17.9 Å². The van der Waals surface area contributed by atoms with Gasteiger partial charge >= 0.3 is 0 Å². The molecule has 5 nitrogen and oxygen atoms in total. The summed E-state index contributed by atoms with van der Waals surface area (Å²) in [5.41, 5.74) is 2.00. The van der Waals surface area contributed by atoms with E-state index in [2.05, 4.69) is 0 Å². The Kier molecular flexibility index (Phi) is 7.25. The van der Waals surface area contributed by atoms with Gasteiger partial charge in [-0.25, -0.2) is 8.42 Å². The molecule has 0 atom stereocenters. The molecule has 3 aromatic rings. The maximum atomic E-state index is 13.0. The first kappa shape index (κ1) is 21.6. The van der Waals surface area contributed by atoms with Gasteiger partial charge in [-0.1, -0.05) is 60.7 Å². The van der Waals surface area contributed by atoms with Crippen LogP contribution in [0.25, 0.3) is 0 Å². The average Bonchev–Trinajstić information content (AvgIpc) is 2.78. The summed E-state index contributed by atoms with van der Waals surface area (Å²) in [6.45, 7) is 0.855. The van der Waals surface area contributed by atoms with E-state index >= 15 is 0 Å². The zero-order valence-electron chi connectivity index (χ0n) is 16.9. The number of amides is 1. The molecule has 6 heteroatoms. The van der Waals surface area contributed by atoms with E-state index in [1.165, 1.54) is 19.2 Å². The molecular weight excluding hydrogens is 398 g/mol. The standard InChI is InChI=1S/C24H25NO4S/c1-29-22-12-14-23(15-13-22)30(27,28)17-16-24(26)25(18-20-8-4-2-5-9-20)19-21-10-6-3-7-11-21/h2-15H,16-19H2,1H3. The predicted molar refractivity (Wildman–Crippen MR) is 117 cm³/mol. The summed E-state index contributed by atoms with van der Waals surface area (Å²) in [6, 6.07) is 25.6. The minimum Gasteiger partial charge on any atom is -0.497 e. The van der Waals surface area contributed by atoms with Gasteiger partial charge in [0.1, 0.15) is 5.75 Å². The predicted octanol–water partition coefficient (Wildman–Crippen LogP) is 4.09. The zero-order valence-corrected chi connectivity index (χ0v) is 17.7. The fourth-order valence-corrected chi connectivity index (χ4v) is 4.35. The normalized spacial score (nSPS) is 11.1. The van der Waals surface area contributed by atoms with Crippen LogP contribution in [0.5, 0.6) is 5.75 Å². The van der Waals surface area contributed by atoms with Gasteiger partial charge in [0.25, 0.3) is 0 Å². The zero-order chi connectivity index (χ0) is 21.4. The molecule has 0 aliphatic rings. The third kappa shape index (κ3) is 5.94. The maximum absolute atomic E-state index is 13.0. The van der Waals surface area contributed by atoms with E-state index in [1.54, 1.807) is 17.0 Å². The lowest BCUT2D eigenvalue weighted by Crippen LogP contribution is -2.31. The van der Waals surface area contributed by atoms with Gasteiger partial charge in [0.15, 0.2) is 9.84 Å². The molecule has 0 heterocycles. The number of rotatable bonds is 9. The van der Waals surface area contributed by atoms with Crippen molar-refractivity contribution in [2.75, 3.05) is 12.9 Å². The molecule has 0 spiro atoms. The number of ether oxygens (including phenoxy) is 1. The highest BCUT2D eigenvalue weighted by Crippen LogP contribution is 2.18. The molecule has 0 unspecified atom stereocenters. The molecular formula is C24H25NO4S. The Morgan fingerprint density at radius 3 is 1.77 bits per heavy atom. The number of benzene rings is 3. The highest BCUT2D eigenvalue weighted by atomic mass is 32.2. The van der Waals surface area contributed by atoms with E-state index in [0.29, 0.717) is 18.8 Å². The minimum absolute atomic E-state index is 0.0754. The summed E-state index contributed by atoms with van der Waals surface area (Å²) in [5.74, 6) is 0.153. The van der Waals surface area contributed by atoms with Crippen molar-refractivity contribution in [3.63, 3.8) is 0 Å². The molecule has 3 rings (SSSR count). The lowest BCUT2D eigenvalue weighted by Gasteiger charge is -2.23. The van der Waals surface area contributed by atoms with Crippen molar-refractivity contribution in [3.05, 3.63) is 96.1 Å². The highest BCUT2D eigenvalue weighted by molar-refractivity contribution is 7.91.